The molecule has 2 aromatic carbocycles. The summed E-state index contributed by atoms with van der Waals surface area (Å²) < 4.78 is 11.6. The van der Waals surface area contributed by atoms with Gasteiger partial charge < -0.3 is 19.9 Å². The molecule has 0 radical (unpaired) electrons. The number of benzene rings is 2. The number of nitrogens with zero attached hydrogens (tertiary/aromatic N) is 1. The van der Waals surface area contributed by atoms with Crippen LogP contribution < -0.4 is 14.8 Å². The second kappa shape index (κ2) is 8.52. The van der Waals surface area contributed by atoms with Crippen LogP contribution >= 0.6 is 0 Å². The van der Waals surface area contributed by atoms with Crippen LogP contribution in [0.2, 0.25) is 0 Å². The highest BCUT2D eigenvalue weighted by Crippen LogP contribution is 2.34. The maximum Gasteiger partial charge on any atom is 0.127 e. The van der Waals surface area contributed by atoms with E-state index >= 15 is 0 Å². The van der Waals surface area contributed by atoms with Crippen LogP contribution in [0.4, 0.5) is 0 Å². The van der Waals surface area contributed by atoms with Crippen molar-refractivity contribution in [3.63, 3.8) is 0 Å². The molecule has 5 heteroatoms. The molecule has 0 amide bonds. The molecule has 2 aliphatic heterocycles. The van der Waals surface area contributed by atoms with Crippen molar-refractivity contribution >= 4 is 0 Å². The van der Waals surface area contributed by atoms with Gasteiger partial charge in [0.1, 0.15) is 18.1 Å². The third kappa shape index (κ3) is 4.32. The van der Waals surface area contributed by atoms with Gasteiger partial charge in [-0.15, -0.1) is 0 Å². The Morgan fingerprint density at radius 3 is 2.86 bits per heavy atom. The average Bonchev–Trinajstić information content (AvgIpc) is 2.74. The summed E-state index contributed by atoms with van der Waals surface area (Å²) >= 11 is 0. The minimum atomic E-state index is -0.485. The Morgan fingerprint density at radius 2 is 2.04 bits per heavy atom. The normalized spacial score (nSPS) is 25.1. The Kier molecular flexibility index (Phi) is 5.85. The summed E-state index contributed by atoms with van der Waals surface area (Å²) in [6, 6.07) is 16.2. The maximum absolute atomic E-state index is 10.9. The van der Waals surface area contributed by atoms with E-state index < -0.39 is 5.60 Å². The molecule has 2 aliphatic rings. The lowest BCUT2D eigenvalue weighted by molar-refractivity contribution is -0.0900. The van der Waals surface area contributed by atoms with Crippen molar-refractivity contribution in [3.05, 3.63) is 59.7 Å². The molecular weight excluding hydrogens is 352 g/mol. The molecule has 28 heavy (non-hydrogen) atoms. The topological polar surface area (TPSA) is 54.0 Å². The van der Waals surface area contributed by atoms with Crippen LogP contribution in [0.3, 0.4) is 0 Å². The van der Waals surface area contributed by atoms with E-state index in [0.717, 1.165) is 68.2 Å². The summed E-state index contributed by atoms with van der Waals surface area (Å²) in [4.78, 5) is 2.43. The minimum Gasteiger partial charge on any atom is -0.496 e. The zero-order valence-electron chi connectivity index (χ0n) is 16.6. The van der Waals surface area contributed by atoms with E-state index in [0.29, 0.717) is 12.5 Å². The number of methoxy groups -OCH3 is 1. The number of aliphatic hydroxyl groups is 1. The molecule has 0 spiro atoms. The molecule has 2 unspecified atom stereocenters. The van der Waals surface area contributed by atoms with Gasteiger partial charge in [-0.1, -0.05) is 36.4 Å². The van der Waals surface area contributed by atoms with Crippen LogP contribution in [0.25, 0.3) is 0 Å². The molecule has 4 rings (SSSR count). The van der Waals surface area contributed by atoms with Crippen LogP contribution in [-0.4, -0.2) is 48.9 Å². The van der Waals surface area contributed by atoms with Crippen molar-refractivity contribution in [1.29, 1.82) is 0 Å². The highest BCUT2D eigenvalue weighted by Gasteiger charge is 2.42. The molecule has 2 saturated heterocycles. The fourth-order valence-corrected chi connectivity index (χ4v) is 4.36. The van der Waals surface area contributed by atoms with E-state index in [1.54, 1.807) is 7.11 Å². The summed E-state index contributed by atoms with van der Waals surface area (Å²) in [7, 11) is 1.71. The van der Waals surface area contributed by atoms with Gasteiger partial charge in [0.15, 0.2) is 0 Å². The van der Waals surface area contributed by atoms with Gasteiger partial charge in [0, 0.05) is 43.7 Å². The zero-order valence-corrected chi connectivity index (χ0v) is 16.6. The number of likely N-dealkylation sites (tertiary alicyclic amines) is 1. The van der Waals surface area contributed by atoms with Gasteiger partial charge in [0.05, 0.1) is 12.7 Å². The predicted molar refractivity (Wildman–Crippen MR) is 110 cm³/mol. The number of hydrogen-bond acceptors (Lipinski definition) is 5. The smallest absolute Gasteiger partial charge is 0.127 e. The van der Waals surface area contributed by atoms with Gasteiger partial charge in [-0.25, -0.2) is 0 Å². The minimum absolute atomic E-state index is 0.300. The zero-order chi connectivity index (χ0) is 19.4. The van der Waals surface area contributed by atoms with E-state index in [-0.39, 0.29) is 0 Å². The number of ether oxygens (including phenoxy) is 2. The van der Waals surface area contributed by atoms with Crippen LogP contribution in [-0.2, 0) is 13.2 Å². The van der Waals surface area contributed by atoms with E-state index in [1.807, 2.05) is 30.3 Å². The van der Waals surface area contributed by atoms with E-state index in [2.05, 4.69) is 28.4 Å². The summed E-state index contributed by atoms with van der Waals surface area (Å²) in [5.74, 6) is 1.97. The van der Waals surface area contributed by atoms with Crippen molar-refractivity contribution in [1.82, 2.24) is 10.2 Å². The van der Waals surface area contributed by atoms with Crippen molar-refractivity contribution in [2.75, 3.05) is 33.3 Å². The number of fused-ring (bicyclic) bond motifs is 1. The van der Waals surface area contributed by atoms with E-state index in [4.69, 9.17) is 9.47 Å². The first-order chi connectivity index (χ1) is 13.7. The fraction of sp³-hybridized carbons (Fsp3) is 0.478. The molecule has 2 N–H and O–H groups in total. The quantitative estimate of drug-likeness (QED) is 0.805. The fourth-order valence-electron chi connectivity index (χ4n) is 4.36. The molecule has 0 aromatic heterocycles. The van der Waals surface area contributed by atoms with Gasteiger partial charge >= 0.3 is 0 Å². The summed E-state index contributed by atoms with van der Waals surface area (Å²) in [6.45, 7) is 5.03. The first-order valence-electron chi connectivity index (χ1n) is 10.2. The third-order valence-corrected chi connectivity index (χ3v) is 6.13. The molecule has 2 aromatic rings. The Bertz CT molecular complexity index is 783. The van der Waals surface area contributed by atoms with Crippen molar-refractivity contribution in [2.24, 2.45) is 5.92 Å². The lowest BCUT2D eigenvalue weighted by Gasteiger charge is -2.47. The lowest BCUT2D eigenvalue weighted by atomic mass is 9.76. The first-order valence-corrected chi connectivity index (χ1v) is 10.2. The molecule has 2 fully saturated rings. The number of nitrogens with one attached hydrogen (secondary N) is 1. The highest BCUT2D eigenvalue weighted by atomic mass is 16.5. The standard InChI is InChI=1S/C23H30N2O3/c1-27-22-13-21(28-17-18-5-3-2-4-6-18)8-7-19(22)15-25-12-10-23(26)9-11-24-14-20(23)16-25/h2-8,13,20,24,26H,9-12,14-17H2,1H3. The monoisotopic (exact) mass is 382 g/mol. The summed E-state index contributed by atoms with van der Waals surface area (Å²) in [6.07, 6.45) is 1.71. The van der Waals surface area contributed by atoms with Gasteiger partial charge in [0.2, 0.25) is 0 Å². The van der Waals surface area contributed by atoms with Crippen molar-refractivity contribution < 1.29 is 14.6 Å². The van der Waals surface area contributed by atoms with Gasteiger partial charge in [-0.3, -0.25) is 4.90 Å². The lowest BCUT2D eigenvalue weighted by Crippen LogP contribution is -2.58. The molecule has 0 saturated carbocycles. The number of rotatable bonds is 6. The summed E-state index contributed by atoms with van der Waals surface area (Å²) in [5, 5.41) is 14.3. The Hall–Kier alpha value is -2.08. The second-order valence-electron chi connectivity index (χ2n) is 7.99. The number of hydrogen-bond donors (Lipinski definition) is 2. The van der Waals surface area contributed by atoms with E-state index in [1.165, 1.54) is 0 Å². The summed E-state index contributed by atoms with van der Waals surface area (Å²) in [5.41, 5.74) is 1.82. The van der Waals surface area contributed by atoms with Gasteiger partial charge in [0.25, 0.3) is 0 Å². The predicted octanol–water partition coefficient (Wildman–Crippen LogP) is 2.82. The SMILES string of the molecule is COc1cc(OCc2ccccc2)ccc1CN1CCC2(O)CCNCC2C1. The Labute approximate surface area is 167 Å². The van der Waals surface area contributed by atoms with Crippen molar-refractivity contribution in [3.8, 4) is 11.5 Å². The molecule has 0 aliphatic carbocycles. The van der Waals surface area contributed by atoms with Crippen LogP contribution in [0.5, 0.6) is 11.5 Å². The van der Waals surface area contributed by atoms with Crippen molar-refractivity contribution in [2.45, 2.75) is 31.6 Å². The molecule has 150 valence electrons. The Morgan fingerprint density at radius 1 is 1.18 bits per heavy atom. The maximum atomic E-state index is 10.9. The highest BCUT2D eigenvalue weighted by molar-refractivity contribution is 5.41. The molecule has 2 atom stereocenters. The first kappa shape index (κ1) is 19.2. The third-order valence-electron chi connectivity index (χ3n) is 6.13. The van der Waals surface area contributed by atoms with Gasteiger partial charge in [-0.2, -0.15) is 0 Å². The average molecular weight is 383 g/mol. The number of piperidine rings is 2. The molecule has 0 bridgehead atoms. The molecular formula is C23H30N2O3. The molecule has 5 nitrogen and oxygen atoms in total. The van der Waals surface area contributed by atoms with Crippen LogP contribution in [0.15, 0.2) is 48.5 Å². The van der Waals surface area contributed by atoms with Gasteiger partial charge in [-0.05, 0) is 31.0 Å². The van der Waals surface area contributed by atoms with Crippen LogP contribution in [0.1, 0.15) is 24.0 Å². The Balaban J connectivity index is 1.39. The second-order valence-corrected chi connectivity index (χ2v) is 7.99. The van der Waals surface area contributed by atoms with Crippen LogP contribution in [0, 0.1) is 5.92 Å². The van der Waals surface area contributed by atoms with E-state index in [9.17, 15) is 5.11 Å². The molecule has 2 heterocycles. The largest absolute Gasteiger partial charge is 0.496 e.